The second-order valence-corrected chi connectivity index (χ2v) is 5.93. The summed E-state index contributed by atoms with van der Waals surface area (Å²) in [5.74, 6) is 0.444. The number of hydrogen-bond acceptors (Lipinski definition) is 2. The van der Waals surface area contributed by atoms with Gasteiger partial charge in [-0.3, -0.25) is 4.79 Å². The average Bonchev–Trinajstić information content (AvgIpc) is 2.40. The fourth-order valence-corrected chi connectivity index (χ4v) is 2.91. The van der Waals surface area contributed by atoms with E-state index in [2.05, 4.69) is 44.0 Å². The largest absolute Gasteiger partial charge is 0.303 e. The number of benzene rings is 1. The number of nitrogens with zero attached hydrogens (tertiary/aromatic N) is 1. The van der Waals surface area contributed by atoms with Crippen molar-refractivity contribution in [3.05, 3.63) is 34.9 Å². The van der Waals surface area contributed by atoms with E-state index in [9.17, 15) is 4.79 Å². The van der Waals surface area contributed by atoms with Gasteiger partial charge in [0.2, 0.25) is 0 Å². The van der Waals surface area contributed by atoms with Crippen LogP contribution in [0.1, 0.15) is 42.4 Å². The molecule has 104 valence electrons. The van der Waals surface area contributed by atoms with Crippen LogP contribution in [0.2, 0.25) is 0 Å². The van der Waals surface area contributed by atoms with E-state index in [0.717, 1.165) is 38.6 Å². The van der Waals surface area contributed by atoms with Crippen LogP contribution in [0.25, 0.3) is 0 Å². The number of rotatable bonds is 4. The highest BCUT2D eigenvalue weighted by Gasteiger charge is 2.21. The van der Waals surface area contributed by atoms with Crippen LogP contribution < -0.4 is 0 Å². The van der Waals surface area contributed by atoms with Gasteiger partial charge < -0.3 is 4.90 Å². The molecule has 1 aromatic carbocycles. The number of carbonyl (C=O) groups is 1. The van der Waals surface area contributed by atoms with Crippen molar-refractivity contribution < 1.29 is 4.79 Å². The van der Waals surface area contributed by atoms with Crippen LogP contribution in [-0.4, -0.2) is 30.3 Å². The lowest BCUT2D eigenvalue weighted by molar-refractivity contribution is -0.121. The van der Waals surface area contributed by atoms with Gasteiger partial charge in [-0.05, 0) is 51.3 Å². The SMILES string of the molecule is Cc1ccc(C)c(CCN(C)C2CCC(=O)CC2)c1. The van der Waals surface area contributed by atoms with Crippen molar-refractivity contribution in [1.82, 2.24) is 4.90 Å². The van der Waals surface area contributed by atoms with Crippen molar-refractivity contribution in [2.24, 2.45) is 0 Å². The van der Waals surface area contributed by atoms with E-state index in [-0.39, 0.29) is 0 Å². The minimum absolute atomic E-state index is 0.444. The predicted molar refractivity (Wildman–Crippen MR) is 79.5 cm³/mol. The van der Waals surface area contributed by atoms with Crippen LogP contribution in [0.15, 0.2) is 18.2 Å². The molecule has 2 nitrogen and oxygen atoms in total. The maximum atomic E-state index is 11.3. The summed E-state index contributed by atoms with van der Waals surface area (Å²) in [7, 11) is 2.20. The molecule has 0 radical (unpaired) electrons. The molecular formula is C17H25NO. The molecule has 1 aromatic rings. The van der Waals surface area contributed by atoms with Gasteiger partial charge in [-0.25, -0.2) is 0 Å². The predicted octanol–water partition coefficient (Wildman–Crippen LogP) is 3.29. The topological polar surface area (TPSA) is 20.3 Å². The molecule has 0 N–H and O–H groups in total. The molecule has 0 aromatic heterocycles. The molecule has 0 atom stereocenters. The number of ketones is 1. The van der Waals surface area contributed by atoms with Crippen molar-refractivity contribution in [1.29, 1.82) is 0 Å². The third kappa shape index (κ3) is 3.90. The van der Waals surface area contributed by atoms with Crippen molar-refractivity contribution in [2.45, 2.75) is 52.0 Å². The van der Waals surface area contributed by atoms with Crippen LogP contribution in [0, 0.1) is 13.8 Å². The van der Waals surface area contributed by atoms with Gasteiger partial charge in [-0.2, -0.15) is 0 Å². The zero-order chi connectivity index (χ0) is 13.8. The minimum Gasteiger partial charge on any atom is -0.303 e. The standard InChI is InChI=1S/C17H25NO/c1-13-4-5-14(2)15(12-13)10-11-18(3)16-6-8-17(19)9-7-16/h4-5,12,16H,6-11H2,1-3H3. The molecule has 0 saturated heterocycles. The molecule has 0 unspecified atom stereocenters. The summed E-state index contributed by atoms with van der Waals surface area (Å²) >= 11 is 0. The molecular weight excluding hydrogens is 234 g/mol. The molecule has 1 fully saturated rings. The Hall–Kier alpha value is -1.15. The molecule has 2 rings (SSSR count). The fourth-order valence-electron chi connectivity index (χ4n) is 2.91. The van der Waals surface area contributed by atoms with E-state index in [4.69, 9.17) is 0 Å². The zero-order valence-electron chi connectivity index (χ0n) is 12.4. The summed E-state index contributed by atoms with van der Waals surface area (Å²) in [6.45, 7) is 5.43. The monoisotopic (exact) mass is 259 g/mol. The maximum absolute atomic E-state index is 11.3. The normalized spacial score (nSPS) is 17.2. The van der Waals surface area contributed by atoms with Crippen molar-refractivity contribution in [2.75, 3.05) is 13.6 Å². The molecule has 0 heterocycles. The first-order valence-corrected chi connectivity index (χ1v) is 7.34. The quantitative estimate of drug-likeness (QED) is 0.827. The molecule has 1 aliphatic carbocycles. The third-order valence-corrected chi connectivity index (χ3v) is 4.37. The molecule has 1 aliphatic rings. The minimum atomic E-state index is 0.444. The lowest BCUT2D eigenvalue weighted by atomic mass is 9.93. The fraction of sp³-hybridized carbons (Fsp3) is 0.588. The van der Waals surface area contributed by atoms with Gasteiger partial charge in [-0.1, -0.05) is 23.8 Å². The van der Waals surface area contributed by atoms with E-state index < -0.39 is 0 Å². The molecule has 2 heteroatoms. The summed E-state index contributed by atoms with van der Waals surface area (Å²) in [6.07, 6.45) is 4.75. The van der Waals surface area contributed by atoms with E-state index in [0.29, 0.717) is 11.8 Å². The Bertz CT molecular complexity index is 443. The smallest absolute Gasteiger partial charge is 0.133 e. The molecule has 1 saturated carbocycles. The molecule has 0 spiro atoms. The van der Waals surface area contributed by atoms with Gasteiger partial charge in [-0.15, -0.1) is 0 Å². The Morgan fingerprint density at radius 2 is 1.89 bits per heavy atom. The summed E-state index contributed by atoms with van der Waals surface area (Å²) in [4.78, 5) is 13.7. The van der Waals surface area contributed by atoms with Gasteiger partial charge in [0.1, 0.15) is 5.78 Å². The van der Waals surface area contributed by atoms with Crippen molar-refractivity contribution in [3.8, 4) is 0 Å². The zero-order valence-corrected chi connectivity index (χ0v) is 12.4. The Kier molecular flexibility index (Phi) is 4.76. The number of Topliss-reactive ketones (excluding diaryl/α,β-unsaturated/α-hetero) is 1. The number of carbonyl (C=O) groups excluding carboxylic acids is 1. The third-order valence-electron chi connectivity index (χ3n) is 4.37. The Labute approximate surface area is 116 Å². The van der Waals surface area contributed by atoms with Gasteiger partial charge in [0.15, 0.2) is 0 Å². The van der Waals surface area contributed by atoms with E-state index in [1.165, 1.54) is 16.7 Å². The van der Waals surface area contributed by atoms with Crippen LogP contribution >= 0.6 is 0 Å². The highest BCUT2D eigenvalue weighted by molar-refractivity contribution is 5.79. The summed E-state index contributed by atoms with van der Waals surface area (Å²) < 4.78 is 0. The van der Waals surface area contributed by atoms with Gasteiger partial charge in [0.25, 0.3) is 0 Å². The number of hydrogen-bond donors (Lipinski definition) is 0. The average molecular weight is 259 g/mol. The molecule has 19 heavy (non-hydrogen) atoms. The van der Waals surface area contributed by atoms with E-state index in [1.54, 1.807) is 0 Å². The van der Waals surface area contributed by atoms with Gasteiger partial charge in [0.05, 0.1) is 0 Å². The second-order valence-electron chi connectivity index (χ2n) is 5.93. The first-order chi connectivity index (χ1) is 9.06. The molecule has 0 amide bonds. The van der Waals surface area contributed by atoms with Gasteiger partial charge in [0, 0.05) is 25.4 Å². The first kappa shape index (κ1) is 14.3. The van der Waals surface area contributed by atoms with Crippen molar-refractivity contribution in [3.63, 3.8) is 0 Å². The lowest BCUT2D eigenvalue weighted by Gasteiger charge is -2.30. The Balaban J connectivity index is 1.87. The summed E-state index contributed by atoms with van der Waals surface area (Å²) in [5, 5.41) is 0. The van der Waals surface area contributed by atoms with Crippen LogP contribution in [-0.2, 0) is 11.2 Å². The van der Waals surface area contributed by atoms with Crippen LogP contribution in [0.5, 0.6) is 0 Å². The highest BCUT2D eigenvalue weighted by atomic mass is 16.1. The van der Waals surface area contributed by atoms with Crippen LogP contribution in [0.3, 0.4) is 0 Å². The second kappa shape index (κ2) is 6.33. The Morgan fingerprint density at radius 3 is 2.58 bits per heavy atom. The lowest BCUT2D eigenvalue weighted by Crippen LogP contribution is -2.36. The highest BCUT2D eigenvalue weighted by Crippen LogP contribution is 2.20. The van der Waals surface area contributed by atoms with E-state index >= 15 is 0 Å². The summed E-state index contributed by atoms with van der Waals surface area (Å²) in [6, 6.07) is 7.29. The van der Waals surface area contributed by atoms with Crippen molar-refractivity contribution >= 4 is 5.78 Å². The number of aryl methyl sites for hydroxylation is 2. The van der Waals surface area contributed by atoms with Crippen LogP contribution in [0.4, 0.5) is 0 Å². The molecule has 0 aliphatic heterocycles. The first-order valence-electron chi connectivity index (χ1n) is 7.34. The van der Waals surface area contributed by atoms with E-state index in [1.807, 2.05) is 0 Å². The number of likely N-dealkylation sites (N-methyl/N-ethyl adjacent to an activating group) is 1. The maximum Gasteiger partial charge on any atom is 0.133 e. The molecule has 0 bridgehead atoms. The Morgan fingerprint density at radius 1 is 1.21 bits per heavy atom. The van der Waals surface area contributed by atoms with Gasteiger partial charge >= 0.3 is 0 Å². The summed E-state index contributed by atoms with van der Waals surface area (Å²) in [5.41, 5.74) is 4.18.